The molecule has 0 aliphatic rings. The van der Waals surface area contributed by atoms with E-state index in [0.29, 0.717) is 5.56 Å². The van der Waals surface area contributed by atoms with Crippen molar-refractivity contribution in [3.63, 3.8) is 0 Å². The second-order valence-electron chi connectivity index (χ2n) is 4.89. The summed E-state index contributed by atoms with van der Waals surface area (Å²) in [7, 11) is -4.01. The highest BCUT2D eigenvalue weighted by Crippen LogP contribution is 2.28. The summed E-state index contributed by atoms with van der Waals surface area (Å²) in [5.74, 6) is 0.0519. The van der Waals surface area contributed by atoms with Crippen molar-refractivity contribution in [1.82, 2.24) is 0 Å². The normalized spacial score (nSPS) is 11.0. The first-order valence-corrected chi connectivity index (χ1v) is 8.13. The molecular formula is C16H15NO5S. The summed E-state index contributed by atoms with van der Waals surface area (Å²) in [5, 5.41) is 10.8. The fourth-order valence-electron chi connectivity index (χ4n) is 1.95. The lowest BCUT2D eigenvalue weighted by Gasteiger charge is -2.10. The Morgan fingerprint density at radius 3 is 2.43 bits per heavy atom. The van der Waals surface area contributed by atoms with Gasteiger partial charge < -0.3 is 4.18 Å². The third kappa shape index (κ3) is 3.95. The monoisotopic (exact) mass is 333 g/mol. The van der Waals surface area contributed by atoms with Gasteiger partial charge in [-0.25, -0.2) is 0 Å². The van der Waals surface area contributed by atoms with Crippen LogP contribution in [-0.4, -0.2) is 13.3 Å². The minimum atomic E-state index is -4.01. The molecule has 2 rings (SSSR count). The Bertz CT molecular complexity index is 841. The van der Waals surface area contributed by atoms with Crippen LogP contribution in [0, 0.1) is 17.0 Å². The third-order valence-corrected chi connectivity index (χ3v) is 4.38. The lowest BCUT2D eigenvalue weighted by molar-refractivity contribution is -0.384. The average Bonchev–Trinajstić information content (AvgIpc) is 2.49. The molecule has 6 nitrogen and oxygen atoms in total. The zero-order chi connectivity index (χ0) is 17.0. The summed E-state index contributed by atoms with van der Waals surface area (Å²) in [5.41, 5.74) is 1.17. The summed E-state index contributed by atoms with van der Waals surface area (Å²) in [6, 6.07) is 9.98. The van der Waals surface area contributed by atoms with Gasteiger partial charge in [-0.3, -0.25) is 10.1 Å². The Labute approximate surface area is 134 Å². The van der Waals surface area contributed by atoms with Crippen LogP contribution in [0.25, 0.3) is 0 Å². The van der Waals surface area contributed by atoms with Gasteiger partial charge in [0, 0.05) is 17.7 Å². The van der Waals surface area contributed by atoms with Crippen molar-refractivity contribution in [2.75, 3.05) is 0 Å². The molecule has 0 saturated heterocycles. The number of non-ortho nitro benzene ring substituents is 1. The number of nitrogens with zero attached hydrogens (tertiary/aromatic N) is 1. The second-order valence-corrected chi connectivity index (χ2v) is 6.44. The van der Waals surface area contributed by atoms with Gasteiger partial charge in [0.1, 0.15) is 10.6 Å². The molecule has 0 aliphatic heterocycles. The van der Waals surface area contributed by atoms with Crippen molar-refractivity contribution in [2.24, 2.45) is 0 Å². The van der Waals surface area contributed by atoms with E-state index in [-0.39, 0.29) is 22.8 Å². The Balaban J connectivity index is 2.40. The highest BCUT2D eigenvalue weighted by atomic mass is 32.2. The molecule has 0 heterocycles. The smallest absolute Gasteiger partial charge is 0.339 e. The van der Waals surface area contributed by atoms with Crippen LogP contribution < -0.4 is 4.18 Å². The minimum Gasteiger partial charge on any atom is -0.379 e. The standard InChI is InChI=1S/C16H15NO5S/c1-3-4-13-11-14(17(18)19)7-10-16(13)22-23(20,21)15-8-5-12(2)6-9-15/h3,5-11H,1,4H2,2H3. The second kappa shape index (κ2) is 6.62. The molecule has 0 fully saturated rings. The SMILES string of the molecule is C=CCc1cc([N+](=O)[O-])ccc1OS(=O)(=O)c1ccc(C)cc1. The number of hydrogen-bond acceptors (Lipinski definition) is 5. The van der Waals surface area contributed by atoms with E-state index in [1.165, 1.54) is 36.4 Å². The van der Waals surface area contributed by atoms with Crippen LogP contribution in [0.15, 0.2) is 60.0 Å². The molecule has 0 aromatic heterocycles. The summed E-state index contributed by atoms with van der Waals surface area (Å²) >= 11 is 0. The zero-order valence-electron chi connectivity index (χ0n) is 12.4. The minimum absolute atomic E-state index is 0.0194. The number of benzene rings is 2. The quantitative estimate of drug-likeness (QED) is 0.350. The van der Waals surface area contributed by atoms with Gasteiger partial charge in [0.2, 0.25) is 0 Å². The van der Waals surface area contributed by atoms with Crippen LogP contribution in [0.4, 0.5) is 5.69 Å². The molecular weight excluding hydrogens is 318 g/mol. The van der Waals surface area contributed by atoms with Crippen molar-refractivity contribution in [2.45, 2.75) is 18.2 Å². The molecule has 0 N–H and O–H groups in total. The van der Waals surface area contributed by atoms with Crippen molar-refractivity contribution >= 4 is 15.8 Å². The predicted molar refractivity (Wildman–Crippen MR) is 86.0 cm³/mol. The Hall–Kier alpha value is -2.67. The first-order chi connectivity index (χ1) is 10.8. The van der Waals surface area contributed by atoms with E-state index in [9.17, 15) is 18.5 Å². The average molecular weight is 333 g/mol. The maximum Gasteiger partial charge on any atom is 0.339 e. The van der Waals surface area contributed by atoms with E-state index in [4.69, 9.17) is 4.18 Å². The number of hydrogen-bond donors (Lipinski definition) is 0. The third-order valence-electron chi connectivity index (χ3n) is 3.13. The van der Waals surface area contributed by atoms with Gasteiger partial charge in [0.15, 0.2) is 0 Å². The summed E-state index contributed by atoms with van der Waals surface area (Å²) in [4.78, 5) is 10.3. The summed E-state index contributed by atoms with van der Waals surface area (Å²) in [6.07, 6.45) is 1.77. The Kier molecular flexibility index (Phi) is 4.80. The van der Waals surface area contributed by atoms with Gasteiger partial charge in [-0.1, -0.05) is 23.8 Å². The van der Waals surface area contributed by atoms with Crippen molar-refractivity contribution in [3.8, 4) is 5.75 Å². The number of nitro benzene ring substituents is 1. The van der Waals surface area contributed by atoms with E-state index in [0.717, 1.165) is 5.56 Å². The van der Waals surface area contributed by atoms with Crippen LogP contribution in [0.3, 0.4) is 0 Å². The van der Waals surface area contributed by atoms with Gasteiger partial charge >= 0.3 is 10.1 Å². The fourth-order valence-corrected chi connectivity index (χ4v) is 2.91. The molecule has 120 valence electrons. The number of nitro groups is 1. The molecule has 0 amide bonds. The number of allylic oxidation sites excluding steroid dienone is 1. The molecule has 7 heteroatoms. The van der Waals surface area contributed by atoms with Gasteiger partial charge in [0.25, 0.3) is 5.69 Å². The summed E-state index contributed by atoms with van der Waals surface area (Å²) in [6.45, 7) is 5.40. The molecule has 2 aromatic carbocycles. The highest BCUT2D eigenvalue weighted by molar-refractivity contribution is 7.87. The molecule has 0 saturated carbocycles. The molecule has 23 heavy (non-hydrogen) atoms. The maximum absolute atomic E-state index is 12.3. The van der Waals surface area contributed by atoms with E-state index in [1.807, 2.05) is 6.92 Å². The molecule has 0 bridgehead atoms. The van der Waals surface area contributed by atoms with Gasteiger partial charge in [0.05, 0.1) is 4.92 Å². The van der Waals surface area contributed by atoms with E-state index in [1.54, 1.807) is 12.1 Å². The van der Waals surface area contributed by atoms with Gasteiger partial charge in [-0.05, 0) is 31.5 Å². The fraction of sp³-hybridized carbons (Fsp3) is 0.125. The summed E-state index contributed by atoms with van der Waals surface area (Å²) < 4.78 is 29.8. The van der Waals surface area contributed by atoms with E-state index < -0.39 is 15.0 Å². The maximum atomic E-state index is 12.3. The van der Waals surface area contributed by atoms with Crippen LogP contribution in [-0.2, 0) is 16.5 Å². The van der Waals surface area contributed by atoms with E-state index in [2.05, 4.69) is 6.58 Å². The lowest BCUT2D eigenvalue weighted by Crippen LogP contribution is -2.11. The molecule has 0 unspecified atom stereocenters. The Morgan fingerprint density at radius 1 is 1.22 bits per heavy atom. The largest absolute Gasteiger partial charge is 0.379 e. The highest BCUT2D eigenvalue weighted by Gasteiger charge is 2.19. The topological polar surface area (TPSA) is 86.5 Å². The molecule has 0 atom stereocenters. The van der Waals surface area contributed by atoms with E-state index >= 15 is 0 Å². The first-order valence-electron chi connectivity index (χ1n) is 6.73. The molecule has 0 spiro atoms. The zero-order valence-corrected chi connectivity index (χ0v) is 13.2. The molecule has 0 aliphatic carbocycles. The van der Waals surface area contributed by atoms with Gasteiger partial charge in [-0.2, -0.15) is 8.42 Å². The lowest BCUT2D eigenvalue weighted by atomic mass is 10.1. The van der Waals surface area contributed by atoms with Crippen LogP contribution in [0.1, 0.15) is 11.1 Å². The van der Waals surface area contributed by atoms with Crippen molar-refractivity contribution in [1.29, 1.82) is 0 Å². The first kappa shape index (κ1) is 16.7. The van der Waals surface area contributed by atoms with Crippen molar-refractivity contribution in [3.05, 3.63) is 76.4 Å². The van der Waals surface area contributed by atoms with Crippen LogP contribution in [0.2, 0.25) is 0 Å². The molecule has 0 radical (unpaired) electrons. The van der Waals surface area contributed by atoms with Crippen LogP contribution >= 0.6 is 0 Å². The molecule has 2 aromatic rings. The van der Waals surface area contributed by atoms with Crippen LogP contribution in [0.5, 0.6) is 5.75 Å². The Morgan fingerprint density at radius 2 is 1.87 bits per heavy atom. The number of rotatable bonds is 6. The predicted octanol–water partition coefficient (Wildman–Crippen LogP) is 3.40. The van der Waals surface area contributed by atoms with Crippen molar-refractivity contribution < 1.29 is 17.5 Å². The number of aryl methyl sites for hydroxylation is 1. The van der Waals surface area contributed by atoms with Gasteiger partial charge in [-0.15, -0.1) is 6.58 Å².